The summed E-state index contributed by atoms with van der Waals surface area (Å²) in [6.45, 7) is 15.4. The maximum atomic E-state index is 9.10. The second-order valence-corrected chi connectivity index (χ2v) is 5.77. The summed E-state index contributed by atoms with van der Waals surface area (Å²) >= 11 is 0. The number of hydrogen-bond donors (Lipinski definition) is 2. The van der Waals surface area contributed by atoms with Gasteiger partial charge in [-0.3, -0.25) is 4.90 Å². The van der Waals surface area contributed by atoms with E-state index in [9.17, 15) is 0 Å². The van der Waals surface area contributed by atoms with E-state index in [1.807, 2.05) is 12.2 Å². The Bertz CT molecular complexity index is 576. The Morgan fingerprint density at radius 2 is 1.65 bits per heavy atom. The molecule has 144 valence electrons. The lowest BCUT2D eigenvalue weighted by Crippen LogP contribution is -2.25. The molecule has 0 aromatic heterocycles. The fourth-order valence-electron chi connectivity index (χ4n) is 2.20. The van der Waals surface area contributed by atoms with E-state index in [2.05, 4.69) is 50.1 Å². The molecule has 1 aromatic rings. The van der Waals surface area contributed by atoms with Crippen molar-refractivity contribution < 1.29 is 24.5 Å². The number of hydrogen-bond acceptors (Lipinski definition) is 4. The van der Waals surface area contributed by atoms with E-state index < -0.39 is 11.9 Å². The van der Waals surface area contributed by atoms with Crippen LogP contribution >= 0.6 is 0 Å². The molecule has 0 saturated heterocycles. The summed E-state index contributed by atoms with van der Waals surface area (Å²) in [6.07, 6.45) is 6.08. The van der Waals surface area contributed by atoms with Crippen LogP contribution in [0.2, 0.25) is 0 Å². The maximum absolute atomic E-state index is 9.10. The number of nitrogens with zero attached hydrogens (tertiary/aromatic N) is 1. The minimum atomic E-state index is -1.82. The van der Waals surface area contributed by atoms with Crippen molar-refractivity contribution in [2.75, 3.05) is 26.2 Å². The first-order valence-electron chi connectivity index (χ1n) is 8.42. The number of ether oxygens (including phenoxy) is 1. The molecule has 0 aliphatic rings. The molecule has 0 radical (unpaired) electrons. The standard InChI is InChI=1S/C18H27NO.C2H2O4/c1-5-11-19(12-6-2)13-7-8-14-20-18-10-9-16(3)15-17(18)4;3-1(4)2(5)6/h5-6,9-10,15H,1-2,7-8,11-14H2,3-4H3;(H,3,4)(H,5,6). The highest BCUT2D eigenvalue weighted by Crippen LogP contribution is 2.18. The van der Waals surface area contributed by atoms with Gasteiger partial charge < -0.3 is 14.9 Å². The number of carbonyl (C=O) groups is 2. The van der Waals surface area contributed by atoms with Crippen LogP contribution in [0.4, 0.5) is 0 Å². The molecule has 0 spiro atoms. The van der Waals surface area contributed by atoms with Crippen molar-refractivity contribution in [3.05, 3.63) is 54.6 Å². The lowest BCUT2D eigenvalue weighted by molar-refractivity contribution is -0.159. The summed E-state index contributed by atoms with van der Waals surface area (Å²) in [4.78, 5) is 20.5. The summed E-state index contributed by atoms with van der Waals surface area (Å²) in [6, 6.07) is 6.32. The van der Waals surface area contributed by atoms with Crippen molar-refractivity contribution in [3.63, 3.8) is 0 Å². The van der Waals surface area contributed by atoms with Crippen LogP contribution in [0.25, 0.3) is 0 Å². The summed E-state index contributed by atoms with van der Waals surface area (Å²) < 4.78 is 5.83. The number of carboxylic acids is 2. The van der Waals surface area contributed by atoms with Crippen molar-refractivity contribution in [2.24, 2.45) is 0 Å². The third-order valence-electron chi connectivity index (χ3n) is 3.41. The van der Waals surface area contributed by atoms with Crippen LogP contribution in [-0.4, -0.2) is 53.3 Å². The number of aryl methyl sites for hydroxylation is 2. The van der Waals surface area contributed by atoms with Crippen LogP contribution in [0.1, 0.15) is 24.0 Å². The van der Waals surface area contributed by atoms with Gasteiger partial charge in [-0.05, 0) is 44.9 Å². The quantitative estimate of drug-likeness (QED) is 0.377. The van der Waals surface area contributed by atoms with Gasteiger partial charge in [-0.1, -0.05) is 29.8 Å². The molecule has 26 heavy (non-hydrogen) atoms. The number of benzene rings is 1. The zero-order chi connectivity index (χ0) is 19.9. The van der Waals surface area contributed by atoms with E-state index in [1.165, 1.54) is 11.1 Å². The molecular formula is C20H29NO5. The van der Waals surface area contributed by atoms with Crippen LogP contribution < -0.4 is 4.74 Å². The zero-order valence-electron chi connectivity index (χ0n) is 15.6. The first kappa shape index (κ1) is 23.4. The molecule has 0 bridgehead atoms. The second-order valence-electron chi connectivity index (χ2n) is 5.77. The molecule has 0 heterocycles. The van der Waals surface area contributed by atoms with Crippen LogP contribution in [-0.2, 0) is 9.59 Å². The molecule has 0 amide bonds. The van der Waals surface area contributed by atoms with Crippen molar-refractivity contribution in [1.29, 1.82) is 0 Å². The van der Waals surface area contributed by atoms with Gasteiger partial charge in [0.1, 0.15) is 5.75 Å². The molecule has 6 heteroatoms. The molecule has 1 aromatic carbocycles. The Morgan fingerprint density at radius 3 is 2.12 bits per heavy atom. The molecule has 0 saturated carbocycles. The third-order valence-corrected chi connectivity index (χ3v) is 3.41. The smallest absolute Gasteiger partial charge is 0.414 e. The SMILES string of the molecule is C=CCN(CC=C)CCCCOc1ccc(C)cc1C.O=C(O)C(=O)O. The van der Waals surface area contributed by atoms with Gasteiger partial charge in [0, 0.05) is 13.1 Å². The highest BCUT2D eigenvalue weighted by Gasteiger charge is 2.04. The van der Waals surface area contributed by atoms with Crippen molar-refractivity contribution >= 4 is 11.9 Å². The van der Waals surface area contributed by atoms with E-state index in [-0.39, 0.29) is 0 Å². The fourth-order valence-corrected chi connectivity index (χ4v) is 2.20. The molecule has 0 aliphatic carbocycles. The van der Waals surface area contributed by atoms with Crippen LogP contribution in [0.5, 0.6) is 5.75 Å². The van der Waals surface area contributed by atoms with Crippen molar-refractivity contribution in [3.8, 4) is 5.75 Å². The average Bonchev–Trinajstić information content (AvgIpc) is 2.57. The van der Waals surface area contributed by atoms with Gasteiger partial charge in [0.15, 0.2) is 0 Å². The van der Waals surface area contributed by atoms with E-state index >= 15 is 0 Å². The highest BCUT2D eigenvalue weighted by molar-refractivity contribution is 6.27. The second kappa shape index (κ2) is 13.7. The van der Waals surface area contributed by atoms with Crippen LogP contribution in [0.15, 0.2) is 43.5 Å². The topological polar surface area (TPSA) is 87.1 Å². The summed E-state index contributed by atoms with van der Waals surface area (Å²) in [5.41, 5.74) is 2.49. The maximum Gasteiger partial charge on any atom is 0.414 e. The molecular weight excluding hydrogens is 334 g/mol. The Morgan fingerprint density at radius 1 is 1.08 bits per heavy atom. The zero-order valence-corrected chi connectivity index (χ0v) is 15.6. The summed E-state index contributed by atoms with van der Waals surface area (Å²) in [5.74, 6) is -2.64. The average molecular weight is 363 g/mol. The minimum absolute atomic E-state index is 0.778. The Kier molecular flexibility index (Phi) is 12.3. The summed E-state index contributed by atoms with van der Waals surface area (Å²) in [5, 5.41) is 14.8. The lowest BCUT2D eigenvalue weighted by atomic mass is 10.1. The normalized spacial score (nSPS) is 9.81. The molecule has 0 unspecified atom stereocenters. The fraction of sp³-hybridized carbons (Fsp3) is 0.400. The Balaban J connectivity index is 0.000000896. The molecule has 0 atom stereocenters. The van der Waals surface area contributed by atoms with E-state index in [4.69, 9.17) is 24.5 Å². The summed E-state index contributed by atoms with van der Waals surface area (Å²) in [7, 11) is 0. The lowest BCUT2D eigenvalue weighted by Gasteiger charge is -2.18. The first-order chi connectivity index (χ1) is 12.3. The van der Waals surface area contributed by atoms with Crippen LogP contribution in [0.3, 0.4) is 0 Å². The van der Waals surface area contributed by atoms with E-state index in [0.717, 1.165) is 44.8 Å². The van der Waals surface area contributed by atoms with Gasteiger partial charge in [-0.25, -0.2) is 9.59 Å². The van der Waals surface area contributed by atoms with Gasteiger partial charge in [-0.2, -0.15) is 0 Å². The first-order valence-corrected chi connectivity index (χ1v) is 8.42. The number of carboxylic acid groups (broad SMARTS) is 2. The monoisotopic (exact) mass is 363 g/mol. The predicted molar refractivity (Wildman–Crippen MR) is 103 cm³/mol. The van der Waals surface area contributed by atoms with Crippen molar-refractivity contribution in [2.45, 2.75) is 26.7 Å². The van der Waals surface area contributed by atoms with Gasteiger partial charge in [-0.15, -0.1) is 13.2 Å². The molecule has 0 fully saturated rings. The van der Waals surface area contributed by atoms with E-state index in [0.29, 0.717) is 0 Å². The highest BCUT2D eigenvalue weighted by atomic mass is 16.5. The molecule has 2 N–H and O–H groups in total. The molecule has 1 rings (SSSR count). The van der Waals surface area contributed by atoms with E-state index in [1.54, 1.807) is 0 Å². The van der Waals surface area contributed by atoms with Gasteiger partial charge in [0.2, 0.25) is 0 Å². The van der Waals surface area contributed by atoms with Gasteiger partial charge in [0.05, 0.1) is 6.61 Å². The minimum Gasteiger partial charge on any atom is -0.493 e. The molecule has 6 nitrogen and oxygen atoms in total. The largest absolute Gasteiger partial charge is 0.493 e. The predicted octanol–water partition coefficient (Wildman–Crippen LogP) is 3.29. The molecule has 0 aliphatic heterocycles. The number of aliphatic carboxylic acids is 2. The Labute approximate surface area is 155 Å². The van der Waals surface area contributed by atoms with Crippen LogP contribution in [0, 0.1) is 13.8 Å². The van der Waals surface area contributed by atoms with Crippen molar-refractivity contribution in [1.82, 2.24) is 4.90 Å². The number of rotatable bonds is 10. The van der Waals surface area contributed by atoms with Gasteiger partial charge in [0.25, 0.3) is 0 Å². The number of unbranched alkanes of at least 4 members (excludes halogenated alkanes) is 1. The third kappa shape index (κ3) is 11.0. The van der Waals surface area contributed by atoms with Gasteiger partial charge >= 0.3 is 11.9 Å². The Hall–Kier alpha value is -2.60.